The van der Waals surface area contributed by atoms with Gasteiger partial charge >= 0.3 is 0 Å². The Kier molecular flexibility index (Phi) is 4.92. The maximum absolute atomic E-state index is 13.1. The van der Waals surface area contributed by atoms with Gasteiger partial charge in [0.05, 0.1) is 5.02 Å². The van der Waals surface area contributed by atoms with Crippen molar-refractivity contribution in [1.82, 2.24) is 0 Å². The average molecular weight is 330 g/mol. The summed E-state index contributed by atoms with van der Waals surface area (Å²) in [4.78, 5) is 11.9. The molecule has 1 atom stereocenters. The molecule has 7 heteroatoms. The first-order valence-corrected chi connectivity index (χ1v) is 6.62. The number of hydrogen-bond donors (Lipinski definition) is 1. The van der Waals surface area contributed by atoms with Gasteiger partial charge in [-0.15, -0.1) is 0 Å². The Bertz CT molecular complexity index is 709. The molecule has 116 valence electrons. The van der Waals surface area contributed by atoms with E-state index in [-0.39, 0.29) is 16.5 Å². The summed E-state index contributed by atoms with van der Waals surface area (Å²) in [5.41, 5.74) is 0.0875. The van der Waals surface area contributed by atoms with Crippen molar-refractivity contribution in [3.05, 3.63) is 58.9 Å². The van der Waals surface area contributed by atoms with Crippen molar-refractivity contribution in [3.63, 3.8) is 0 Å². The molecule has 2 aromatic rings. The van der Waals surface area contributed by atoms with Gasteiger partial charge in [0, 0.05) is 11.8 Å². The highest BCUT2D eigenvalue weighted by Crippen LogP contribution is 2.26. The molecule has 0 heterocycles. The zero-order valence-corrected chi connectivity index (χ0v) is 12.1. The van der Waals surface area contributed by atoms with E-state index < -0.39 is 29.5 Å². The minimum atomic E-state index is -1.08. The largest absolute Gasteiger partial charge is 0.479 e. The number of carbonyl (C=O) groups is 1. The van der Waals surface area contributed by atoms with E-state index in [1.165, 1.54) is 19.1 Å². The van der Waals surface area contributed by atoms with Crippen molar-refractivity contribution in [2.45, 2.75) is 13.0 Å². The minimum absolute atomic E-state index is 0.0208. The number of halogens is 4. The lowest BCUT2D eigenvalue weighted by Crippen LogP contribution is -2.30. The number of nitrogens with one attached hydrogen (secondary N) is 1. The number of anilines is 1. The van der Waals surface area contributed by atoms with Gasteiger partial charge in [0.2, 0.25) is 0 Å². The third-order valence-electron chi connectivity index (χ3n) is 2.75. The number of benzene rings is 2. The van der Waals surface area contributed by atoms with Crippen LogP contribution in [0.25, 0.3) is 0 Å². The smallest absolute Gasteiger partial charge is 0.265 e. The van der Waals surface area contributed by atoms with E-state index in [9.17, 15) is 18.0 Å². The lowest BCUT2D eigenvalue weighted by molar-refractivity contribution is -0.122. The molecule has 0 aliphatic heterocycles. The molecule has 0 fully saturated rings. The molecule has 0 aromatic heterocycles. The van der Waals surface area contributed by atoms with Gasteiger partial charge in [-0.1, -0.05) is 11.6 Å². The standard InChI is InChI=1S/C15H11ClF3NO2/c1-8(22-14-5-2-9(17)6-11(14)16)15(21)20-10-3-4-12(18)13(19)7-10/h2-8H,1H3,(H,20,21). The van der Waals surface area contributed by atoms with Crippen molar-refractivity contribution >= 4 is 23.2 Å². The average Bonchev–Trinajstić information content (AvgIpc) is 2.45. The molecule has 1 amide bonds. The second-order valence-electron chi connectivity index (χ2n) is 4.45. The van der Waals surface area contributed by atoms with Crippen LogP contribution in [0.3, 0.4) is 0 Å². The van der Waals surface area contributed by atoms with E-state index in [0.717, 1.165) is 24.3 Å². The molecule has 0 saturated carbocycles. The zero-order valence-electron chi connectivity index (χ0n) is 11.4. The molecule has 1 unspecified atom stereocenters. The van der Waals surface area contributed by atoms with E-state index in [4.69, 9.17) is 16.3 Å². The molecule has 2 rings (SSSR count). The van der Waals surface area contributed by atoms with Crippen molar-refractivity contribution < 1.29 is 22.7 Å². The summed E-state index contributed by atoms with van der Waals surface area (Å²) in [7, 11) is 0. The van der Waals surface area contributed by atoms with Gasteiger partial charge in [0.15, 0.2) is 17.7 Å². The van der Waals surface area contributed by atoms with Crippen LogP contribution in [0.1, 0.15) is 6.92 Å². The highest BCUT2D eigenvalue weighted by atomic mass is 35.5. The first-order valence-electron chi connectivity index (χ1n) is 6.24. The van der Waals surface area contributed by atoms with E-state index in [1.54, 1.807) is 0 Å². The molecule has 1 N–H and O–H groups in total. The van der Waals surface area contributed by atoms with Crippen LogP contribution in [0.2, 0.25) is 5.02 Å². The summed E-state index contributed by atoms with van der Waals surface area (Å²) in [6, 6.07) is 6.45. The fraction of sp³-hybridized carbons (Fsp3) is 0.133. The molecule has 0 bridgehead atoms. The van der Waals surface area contributed by atoms with Crippen molar-refractivity contribution in [1.29, 1.82) is 0 Å². The van der Waals surface area contributed by atoms with Crippen LogP contribution in [0.4, 0.5) is 18.9 Å². The van der Waals surface area contributed by atoms with Gasteiger partial charge in [0.1, 0.15) is 11.6 Å². The Morgan fingerprint density at radius 1 is 1.14 bits per heavy atom. The van der Waals surface area contributed by atoms with Crippen LogP contribution >= 0.6 is 11.6 Å². The zero-order chi connectivity index (χ0) is 16.3. The normalized spacial score (nSPS) is 11.9. The fourth-order valence-electron chi connectivity index (χ4n) is 1.63. The molecular weight excluding hydrogens is 319 g/mol. The van der Waals surface area contributed by atoms with E-state index >= 15 is 0 Å². The topological polar surface area (TPSA) is 38.3 Å². The molecule has 0 spiro atoms. The quantitative estimate of drug-likeness (QED) is 0.914. The van der Waals surface area contributed by atoms with Crippen LogP contribution < -0.4 is 10.1 Å². The maximum Gasteiger partial charge on any atom is 0.265 e. The third kappa shape index (κ3) is 3.92. The number of amides is 1. The number of carbonyl (C=O) groups excluding carboxylic acids is 1. The molecule has 2 aromatic carbocycles. The highest BCUT2D eigenvalue weighted by Gasteiger charge is 2.17. The fourth-order valence-corrected chi connectivity index (χ4v) is 1.84. The molecule has 22 heavy (non-hydrogen) atoms. The summed E-state index contributed by atoms with van der Waals surface area (Å²) in [5.74, 6) is -3.08. The first-order chi connectivity index (χ1) is 10.4. The van der Waals surface area contributed by atoms with Crippen LogP contribution in [-0.4, -0.2) is 12.0 Å². The van der Waals surface area contributed by atoms with Gasteiger partial charge in [-0.25, -0.2) is 13.2 Å². The summed E-state index contributed by atoms with van der Waals surface area (Å²) in [6.07, 6.45) is -0.976. The predicted octanol–water partition coefficient (Wildman–Crippen LogP) is 4.16. The third-order valence-corrected chi connectivity index (χ3v) is 3.05. The van der Waals surface area contributed by atoms with Gasteiger partial charge in [-0.3, -0.25) is 4.79 Å². The van der Waals surface area contributed by atoms with E-state index in [0.29, 0.717) is 0 Å². The van der Waals surface area contributed by atoms with Crippen LogP contribution in [0.5, 0.6) is 5.75 Å². The maximum atomic E-state index is 13.1. The lowest BCUT2D eigenvalue weighted by atomic mass is 10.2. The number of ether oxygens (including phenoxy) is 1. The second kappa shape index (κ2) is 6.70. The Morgan fingerprint density at radius 2 is 1.86 bits per heavy atom. The number of rotatable bonds is 4. The molecule has 0 aliphatic rings. The van der Waals surface area contributed by atoms with Gasteiger partial charge < -0.3 is 10.1 Å². The predicted molar refractivity (Wildman–Crippen MR) is 76.5 cm³/mol. The molecule has 0 radical (unpaired) electrons. The monoisotopic (exact) mass is 329 g/mol. The van der Waals surface area contributed by atoms with E-state index in [1.807, 2.05) is 0 Å². The Balaban J connectivity index is 2.04. The molecule has 0 saturated heterocycles. The van der Waals surface area contributed by atoms with Gasteiger partial charge in [-0.2, -0.15) is 0 Å². The Morgan fingerprint density at radius 3 is 2.50 bits per heavy atom. The van der Waals surface area contributed by atoms with Gasteiger partial charge in [0.25, 0.3) is 5.91 Å². The van der Waals surface area contributed by atoms with Crippen LogP contribution in [0.15, 0.2) is 36.4 Å². The lowest BCUT2D eigenvalue weighted by Gasteiger charge is -2.15. The number of hydrogen-bond acceptors (Lipinski definition) is 2. The highest BCUT2D eigenvalue weighted by molar-refractivity contribution is 6.32. The summed E-state index contributed by atoms with van der Waals surface area (Å²) in [5, 5.41) is 2.39. The SMILES string of the molecule is CC(Oc1ccc(F)cc1Cl)C(=O)Nc1ccc(F)c(F)c1. The van der Waals surface area contributed by atoms with Crippen molar-refractivity contribution in [3.8, 4) is 5.75 Å². The minimum Gasteiger partial charge on any atom is -0.479 e. The molecular formula is C15H11ClF3NO2. The van der Waals surface area contributed by atoms with Crippen molar-refractivity contribution in [2.24, 2.45) is 0 Å². The Hall–Kier alpha value is -2.21. The molecule has 3 nitrogen and oxygen atoms in total. The first kappa shape index (κ1) is 16.2. The van der Waals surface area contributed by atoms with Crippen molar-refractivity contribution in [2.75, 3.05) is 5.32 Å². The van der Waals surface area contributed by atoms with Crippen LogP contribution in [-0.2, 0) is 4.79 Å². The van der Waals surface area contributed by atoms with Crippen LogP contribution in [0, 0.1) is 17.5 Å². The van der Waals surface area contributed by atoms with Gasteiger partial charge in [-0.05, 0) is 37.3 Å². The summed E-state index contributed by atoms with van der Waals surface area (Å²) in [6.45, 7) is 1.44. The summed E-state index contributed by atoms with van der Waals surface area (Å²) >= 11 is 5.79. The Labute approximate surface area is 129 Å². The second-order valence-corrected chi connectivity index (χ2v) is 4.86. The van der Waals surface area contributed by atoms with E-state index in [2.05, 4.69) is 5.32 Å². The summed E-state index contributed by atoms with van der Waals surface area (Å²) < 4.78 is 44.1. The molecule has 0 aliphatic carbocycles.